The van der Waals surface area contributed by atoms with Crippen LogP contribution in [0.25, 0.3) is 0 Å². The third-order valence-electron chi connectivity index (χ3n) is 11.7. The molecule has 10 nitrogen and oxygen atoms in total. The molecule has 1 aliphatic carbocycles. The molecule has 2 bridgehead atoms. The van der Waals surface area contributed by atoms with Gasteiger partial charge in [-0.2, -0.15) is 0 Å². The molecule has 5 N–H and O–H groups in total. The van der Waals surface area contributed by atoms with Crippen molar-refractivity contribution in [3.05, 3.63) is 12.2 Å². The molecular weight excluding hydrogens is 580 g/mol. The molecule has 45 heavy (non-hydrogen) atoms. The fraction of sp³-hybridized carbons (Fsp3) is 0.879. The van der Waals surface area contributed by atoms with E-state index in [9.17, 15) is 9.59 Å². The Balaban J connectivity index is 1.34. The van der Waals surface area contributed by atoms with Crippen LogP contribution in [0.3, 0.4) is 0 Å². The summed E-state index contributed by atoms with van der Waals surface area (Å²) < 4.78 is 38.7. The Bertz CT molecular complexity index is 1080. The van der Waals surface area contributed by atoms with E-state index in [2.05, 4.69) is 41.6 Å². The summed E-state index contributed by atoms with van der Waals surface area (Å²) in [5.74, 6) is -0.349. The Morgan fingerprint density at radius 1 is 1.11 bits per heavy atom. The van der Waals surface area contributed by atoms with Gasteiger partial charge in [0.05, 0.1) is 24.5 Å². The molecule has 0 aromatic carbocycles. The highest BCUT2D eigenvalue weighted by atomic mass is 19.1. The Kier molecular flexibility index (Phi) is 10.4. The number of fused-ring (bicyclic) bond motifs is 5. The van der Waals surface area contributed by atoms with Crippen LogP contribution in [0.15, 0.2) is 12.2 Å². The van der Waals surface area contributed by atoms with Gasteiger partial charge in [0.2, 0.25) is 5.91 Å². The van der Waals surface area contributed by atoms with Crippen LogP contribution < -0.4 is 21.7 Å². The number of hydrogen-bond donors (Lipinski definition) is 4. The normalized spacial score (nSPS) is 43.2. The van der Waals surface area contributed by atoms with Gasteiger partial charge in [-0.1, -0.05) is 19.9 Å². The largest absolute Gasteiger partial charge is 0.378 e. The van der Waals surface area contributed by atoms with Gasteiger partial charge >= 0.3 is 6.03 Å². The van der Waals surface area contributed by atoms with E-state index in [0.717, 1.165) is 38.6 Å². The number of carbonyl (C=O) groups is 2. The number of hydrogen-bond acceptors (Lipinski definition) is 7. The van der Waals surface area contributed by atoms with Crippen molar-refractivity contribution in [1.29, 1.82) is 0 Å². The molecule has 0 aromatic rings. The molecular formula is C33H55F2N7O3. The molecule has 3 amide bonds. The highest BCUT2D eigenvalue weighted by Crippen LogP contribution is 2.43. The van der Waals surface area contributed by atoms with E-state index >= 15 is 8.78 Å². The van der Waals surface area contributed by atoms with Gasteiger partial charge in [-0.25, -0.2) is 13.6 Å². The van der Waals surface area contributed by atoms with Gasteiger partial charge in [0, 0.05) is 68.8 Å². The molecule has 1 saturated carbocycles. The van der Waals surface area contributed by atoms with E-state index in [1.54, 1.807) is 6.08 Å². The molecule has 6 rings (SSSR count). The lowest BCUT2D eigenvalue weighted by Gasteiger charge is -2.60. The number of carbonyl (C=O) groups excluding carboxylic acids is 2. The van der Waals surface area contributed by atoms with E-state index in [1.807, 2.05) is 9.80 Å². The third kappa shape index (κ3) is 6.51. The number of nitrogens with one attached hydrogen (secondary N) is 3. The lowest BCUT2D eigenvalue weighted by Crippen LogP contribution is -2.80. The summed E-state index contributed by atoms with van der Waals surface area (Å²) >= 11 is 0. The standard InChI is InChI=1S/C33H55F2N7O3/c1-19(2)28-30-21(11-13-37-28)7-6-16-45-25-9-4-8-23(34)27(25)29-24(35)17-22-31(39-33(44)42(30)32(22)38-29)41-15-14-40(18-20(41)3)26(43)10-5-12-36/h5,10,19-25,27-32,37-38H,4,6-9,11-18,36H2,1-3H3,(H,39,44)/b10-5+. The second kappa shape index (κ2) is 14.1. The molecule has 5 heterocycles. The molecule has 0 aromatic heterocycles. The summed E-state index contributed by atoms with van der Waals surface area (Å²) in [4.78, 5) is 33.2. The van der Waals surface area contributed by atoms with E-state index in [4.69, 9.17) is 10.5 Å². The van der Waals surface area contributed by atoms with Crippen LogP contribution in [-0.4, -0.2) is 121 Å². The zero-order valence-corrected chi connectivity index (χ0v) is 27.3. The Morgan fingerprint density at radius 3 is 2.69 bits per heavy atom. The van der Waals surface area contributed by atoms with Crippen LogP contribution in [0.1, 0.15) is 65.7 Å². The summed E-state index contributed by atoms with van der Waals surface area (Å²) in [7, 11) is 0. The minimum absolute atomic E-state index is 0.0493. The summed E-state index contributed by atoms with van der Waals surface area (Å²) in [5, 5.41) is 10.7. The fourth-order valence-corrected chi connectivity index (χ4v) is 9.57. The molecule has 6 aliphatic rings. The number of nitrogens with zero attached hydrogens (tertiary/aromatic N) is 3. The number of rotatable bonds is 4. The summed E-state index contributed by atoms with van der Waals surface area (Å²) in [6.07, 6.45) is 4.44. The van der Waals surface area contributed by atoms with Gasteiger partial charge in [-0.05, 0) is 70.3 Å². The van der Waals surface area contributed by atoms with Gasteiger partial charge in [0.1, 0.15) is 12.3 Å². The average molecular weight is 636 g/mol. The monoisotopic (exact) mass is 635 g/mol. The first kappa shape index (κ1) is 33.1. The van der Waals surface area contributed by atoms with Crippen molar-refractivity contribution in [2.45, 2.75) is 121 Å². The maximum atomic E-state index is 16.6. The highest BCUT2D eigenvalue weighted by molar-refractivity contribution is 5.87. The minimum atomic E-state index is -1.28. The van der Waals surface area contributed by atoms with Gasteiger partial charge < -0.3 is 30.9 Å². The predicted octanol–water partition coefficient (Wildman–Crippen LogP) is 2.35. The molecule has 0 spiro atoms. The van der Waals surface area contributed by atoms with Gasteiger partial charge in [0.25, 0.3) is 0 Å². The lowest BCUT2D eigenvalue weighted by molar-refractivity contribution is -0.134. The minimum Gasteiger partial charge on any atom is -0.378 e. The van der Waals surface area contributed by atoms with E-state index in [-0.39, 0.29) is 60.3 Å². The Labute approximate surface area is 267 Å². The Morgan fingerprint density at radius 2 is 1.93 bits per heavy atom. The molecule has 12 unspecified atom stereocenters. The molecule has 6 fully saturated rings. The van der Waals surface area contributed by atoms with Gasteiger partial charge in [-0.15, -0.1) is 0 Å². The molecule has 5 aliphatic heterocycles. The first-order valence-corrected chi connectivity index (χ1v) is 17.6. The van der Waals surface area contributed by atoms with E-state index < -0.39 is 36.6 Å². The number of nitrogens with two attached hydrogens (primary N) is 1. The first-order valence-electron chi connectivity index (χ1n) is 17.6. The van der Waals surface area contributed by atoms with Crippen LogP contribution in [0.2, 0.25) is 0 Å². The van der Waals surface area contributed by atoms with E-state index in [1.165, 1.54) is 6.08 Å². The van der Waals surface area contributed by atoms with Gasteiger partial charge in [0.15, 0.2) is 0 Å². The van der Waals surface area contributed by atoms with Crippen LogP contribution >= 0.6 is 0 Å². The second-order valence-corrected chi connectivity index (χ2v) is 14.7. The first-order chi connectivity index (χ1) is 21.7. The van der Waals surface area contributed by atoms with Crippen molar-refractivity contribution in [3.63, 3.8) is 0 Å². The average Bonchev–Trinajstić information content (AvgIpc) is 3.01. The number of ether oxygens (including phenoxy) is 1. The summed E-state index contributed by atoms with van der Waals surface area (Å²) in [6, 6.07) is -0.915. The molecule has 5 saturated heterocycles. The number of piperazine rings is 1. The van der Waals surface area contributed by atoms with Crippen LogP contribution in [0.5, 0.6) is 0 Å². The van der Waals surface area contributed by atoms with Crippen LogP contribution in [-0.2, 0) is 9.53 Å². The third-order valence-corrected chi connectivity index (χ3v) is 11.7. The number of urea groups is 1. The number of amides is 3. The molecule has 254 valence electrons. The van der Waals surface area contributed by atoms with E-state index in [0.29, 0.717) is 39.2 Å². The maximum absolute atomic E-state index is 16.6. The maximum Gasteiger partial charge on any atom is 0.320 e. The zero-order chi connectivity index (χ0) is 31.8. The molecule has 12 heteroatoms. The number of alkyl halides is 2. The Hall–Kier alpha value is -1.86. The highest BCUT2D eigenvalue weighted by Gasteiger charge is 2.57. The zero-order valence-electron chi connectivity index (χ0n) is 27.3. The van der Waals surface area contributed by atoms with Crippen molar-refractivity contribution >= 4 is 11.9 Å². The van der Waals surface area contributed by atoms with Crippen LogP contribution in [0, 0.1) is 23.7 Å². The van der Waals surface area contributed by atoms with Crippen molar-refractivity contribution < 1.29 is 23.1 Å². The molecule has 12 atom stereocenters. The number of halogens is 2. The second-order valence-electron chi connectivity index (χ2n) is 14.7. The smallest absolute Gasteiger partial charge is 0.320 e. The van der Waals surface area contributed by atoms with Gasteiger partial charge in [-0.3, -0.25) is 15.0 Å². The lowest BCUT2D eigenvalue weighted by atomic mass is 9.72. The van der Waals surface area contributed by atoms with Crippen molar-refractivity contribution in [3.8, 4) is 0 Å². The quantitative estimate of drug-likeness (QED) is 0.351. The van der Waals surface area contributed by atoms with Crippen molar-refractivity contribution in [2.24, 2.45) is 29.4 Å². The molecule has 0 radical (unpaired) electrons. The summed E-state index contributed by atoms with van der Waals surface area (Å²) in [6.45, 7) is 9.77. The van der Waals surface area contributed by atoms with Crippen molar-refractivity contribution in [2.75, 3.05) is 39.3 Å². The van der Waals surface area contributed by atoms with Crippen molar-refractivity contribution in [1.82, 2.24) is 30.7 Å². The predicted molar refractivity (Wildman–Crippen MR) is 169 cm³/mol. The number of piperidine rings is 2. The summed E-state index contributed by atoms with van der Waals surface area (Å²) in [5.41, 5.74) is 5.55. The topological polar surface area (TPSA) is 115 Å². The SMILES string of the molecule is CC(C)C1NCCC2CCCOC3CCCC(F)C3C3NC4C(CC3F)C(N3CCN(C(=O)/C=C/CN)CC3C)NC(=O)N4C21. The fourth-order valence-electron chi connectivity index (χ4n) is 9.57. The van der Waals surface area contributed by atoms with Crippen LogP contribution in [0.4, 0.5) is 13.6 Å².